The normalized spacial score (nSPS) is 10.2. The third kappa shape index (κ3) is 4.58. The molecule has 0 atom stereocenters. The number of halogens is 1. The molecule has 0 aliphatic rings. The summed E-state index contributed by atoms with van der Waals surface area (Å²) in [5.41, 5.74) is -0.146. The Hall–Kier alpha value is -1.33. The number of nitrogens with one attached hydrogen (secondary N) is 1. The van der Waals surface area contributed by atoms with Gasteiger partial charge in [0, 0.05) is 13.2 Å². The van der Waals surface area contributed by atoms with E-state index in [1.54, 1.807) is 6.07 Å². The van der Waals surface area contributed by atoms with E-state index in [9.17, 15) is 4.79 Å². The summed E-state index contributed by atoms with van der Waals surface area (Å²) in [6, 6.07) is 3.15. The van der Waals surface area contributed by atoms with Gasteiger partial charge in [-0.2, -0.15) is 0 Å². The van der Waals surface area contributed by atoms with Gasteiger partial charge in [-0.1, -0.05) is 11.6 Å². The number of unbranched alkanes of at least 4 members (excludes halogenated alkanes) is 2. The van der Waals surface area contributed by atoms with Crippen LogP contribution in [-0.2, 0) is 0 Å². The predicted molar refractivity (Wildman–Crippen MR) is 65.6 cm³/mol. The van der Waals surface area contributed by atoms with Crippen LogP contribution in [-0.4, -0.2) is 34.3 Å². The van der Waals surface area contributed by atoms with Crippen molar-refractivity contribution in [3.05, 3.63) is 22.8 Å². The number of anilines is 1. The highest BCUT2D eigenvalue weighted by atomic mass is 35.5. The molecule has 17 heavy (non-hydrogen) atoms. The lowest BCUT2D eigenvalue weighted by atomic mass is 10.2. The summed E-state index contributed by atoms with van der Waals surface area (Å²) in [7, 11) is 0. The van der Waals surface area contributed by atoms with Gasteiger partial charge in [0.05, 0.1) is 5.02 Å². The molecule has 1 rings (SSSR count). The minimum atomic E-state index is -1.14. The van der Waals surface area contributed by atoms with Gasteiger partial charge >= 0.3 is 5.97 Å². The Bertz CT molecular complexity index is 385. The number of carboxylic acid groups (broad SMARTS) is 1. The number of aromatic nitrogens is 1. The van der Waals surface area contributed by atoms with Crippen LogP contribution in [0.5, 0.6) is 0 Å². The van der Waals surface area contributed by atoms with E-state index in [2.05, 4.69) is 10.3 Å². The van der Waals surface area contributed by atoms with Crippen molar-refractivity contribution in [1.29, 1.82) is 0 Å². The molecule has 0 saturated carbocycles. The molecule has 0 fully saturated rings. The molecule has 1 aromatic heterocycles. The van der Waals surface area contributed by atoms with Gasteiger partial charge in [-0.15, -0.1) is 0 Å². The highest BCUT2D eigenvalue weighted by Gasteiger charge is 2.10. The average molecular weight is 259 g/mol. The van der Waals surface area contributed by atoms with Crippen LogP contribution >= 0.6 is 11.6 Å². The summed E-state index contributed by atoms with van der Waals surface area (Å²) >= 11 is 5.69. The zero-order valence-electron chi connectivity index (χ0n) is 9.32. The predicted octanol–water partition coefficient (Wildman–Crippen LogP) is 2.01. The molecule has 1 aromatic rings. The Labute approximate surface area is 104 Å². The van der Waals surface area contributed by atoms with Crippen molar-refractivity contribution in [2.45, 2.75) is 19.3 Å². The number of hydrogen-bond acceptors (Lipinski definition) is 4. The number of hydrogen-bond donors (Lipinski definition) is 3. The smallest absolute Gasteiger partial charge is 0.356 e. The molecule has 3 N–H and O–H groups in total. The van der Waals surface area contributed by atoms with Gasteiger partial charge in [0.1, 0.15) is 5.82 Å². The molecule has 0 saturated heterocycles. The van der Waals surface area contributed by atoms with E-state index >= 15 is 0 Å². The third-order valence-corrected chi connectivity index (χ3v) is 2.49. The van der Waals surface area contributed by atoms with Crippen molar-refractivity contribution in [3.8, 4) is 0 Å². The summed E-state index contributed by atoms with van der Waals surface area (Å²) in [5.74, 6) is -0.644. The van der Waals surface area contributed by atoms with Crippen molar-refractivity contribution >= 4 is 23.4 Å². The number of aliphatic hydroxyl groups excluding tert-OH is 1. The molecule has 94 valence electrons. The fourth-order valence-electron chi connectivity index (χ4n) is 1.32. The third-order valence-electron chi connectivity index (χ3n) is 2.19. The molecule has 6 heteroatoms. The van der Waals surface area contributed by atoms with Crippen molar-refractivity contribution in [2.75, 3.05) is 18.5 Å². The maximum Gasteiger partial charge on any atom is 0.356 e. The summed E-state index contributed by atoms with van der Waals surface area (Å²) < 4.78 is 0. The van der Waals surface area contributed by atoms with Crippen molar-refractivity contribution in [1.82, 2.24) is 4.98 Å². The first kappa shape index (κ1) is 13.7. The van der Waals surface area contributed by atoms with Gasteiger partial charge in [0.2, 0.25) is 0 Å². The Morgan fingerprint density at radius 1 is 1.35 bits per heavy atom. The average Bonchev–Trinajstić information content (AvgIpc) is 2.30. The van der Waals surface area contributed by atoms with Gasteiger partial charge in [0.15, 0.2) is 5.69 Å². The second-order valence-electron chi connectivity index (χ2n) is 3.54. The van der Waals surface area contributed by atoms with Crippen LogP contribution in [0, 0.1) is 0 Å². The van der Waals surface area contributed by atoms with E-state index in [1.165, 1.54) is 6.07 Å². The Morgan fingerprint density at radius 2 is 2.12 bits per heavy atom. The van der Waals surface area contributed by atoms with Crippen LogP contribution in [0.15, 0.2) is 12.1 Å². The Morgan fingerprint density at radius 3 is 2.76 bits per heavy atom. The van der Waals surface area contributed by atoms with E-state index in [4.69, 9.17) is 21.8 Å². The molecule has 0 unspecified atom stereocenters. The lowest BCUT2D eigenvalue weighted by Crippen LogP contribution is -2.07. The van der Waals surface area contributed by atoms with Gasteiger partial charge in [-0.25, -0.2) is 9.78 Å². The molecular weight excluding hydrogens is 244 g/mol. The first-order valence-electron chi connectivity index (χ1n) is 5.39. The van der Waals surface area contributed by atoms with Crippen LogP contribution in [0.4, 0.5) is 5.82 Å². The highest BCUT2D eigenvalue weighted by molar-refractivity contribution is 6.33. The molecule has 5 nitrogen and oxygen atoms in total. The first-order chi connectivity index (χ1) is 8.15. The lowest BCUT2D eigenvalue weighted by molar-refractivity contribution is 0.0691. The summed E-state index contributed by atoms with van der Waals surface area (Å²) in [5, 5.41) is 20.6. The number of carbonyl (C=O) groups is 1. The van der Waals surface area contributed by atoms with E-state index in [0.29, 0.717) is 12.4 Å². The monoisotopic (exact) mass is 258 g/mol. The highest BCUT2D eigenvalue weighted by Crippen LogP contribution is 2.16. The molecule has 0 aliphatic carbocycles. The molecule has 0 amide bonds. The van der Waals surface area contributed by atoms with Gasteiger partial charge in [-0.05, 0) is 31.4 Å². The maximum absolute atomic E-state index is 10.8. The molecular formula is C11H15ClN2O3. The Balaban J connectivity index is 2.49. The Kier molecular flexibility index (Phi) is 5.72. The number of carboxylic acids is 1. The van der Waals surface area contributed by atoms with Gasteiger partial charge in [-0.3, -0.25) is 0 Å². The number of pyridine rings is 1. The van der Waals surface area contributed by atoms with Crippen LogP contribution in [0.3, 0.4) is 0 Å². The van der Waals surface area contributed by atoms with Crippen molar-refractivity contribution in [3.63, 3.8) is 0 Å². The minimum Gasteiger partial charge on any atom is -0.476 e. The second-order valence-corrected chi connectivity index (χ2v) is 3.95. The fourth-order valence-corrected chi connectivity index (χ4v) is 1.51. The van der Waals surface area contributed by atoms with Gasteiger partial charge in [0.25, 0.3) is 0 Å². The number of rotatable bonds is 7. The zero-order chi connectivity index (χ0) is 12.7. The van der Waals surface area contributed by atoms with E-state index < -0.39 is 5.97 Å². The van der Waals surface area contributed by atoms with Gasteiger partial charge < -0.3 is 15.5 Å². The maximum atomic E-state index is 10.8. The number of aromatic carboxylic acids is 1. The fraction of sp³-hybridized carbons (Fsp3) is 0.455. The van der Waals surface area contributed by atoms with E-state index in [1.807, 2.05) is 0 Å². The molecule has 0 spiro atoms. The van der Waals surface area contributed by atoms with Crippen LogP contribution in [0.2, 0.25) is 5.02 Å². The van der Waals surface area contributed by atoms with E-state index in [-0.39, 0.29) is 17.3 Å². The summed E-state index contributed by atoms with van der Waals surface area (Å²) in [6.45, 7) is 0.885. The van der Waals surface area contributed by atoms with Crippen LogP contribution in [0.25, 0.3) is 0 Å². The van der Waals surface area contributed by atoms with Crippen LogP contribution in [0.1, 0.15) is 29.8 Å². The second kappa shape index (κ2) is 7.09. The number of nitrogens with zero attached hydrogens (tertiary/aromatic N) is 1. The first-order valence-corrected chi connectivity index (χ1v) is 5.77. The molecule has 1 heterocycles. The lowest BCUT2D eigenvalue weighted by Gasteiger charge is -2.06. The standard InChI is InChI=1S/C11H15ClN2O3/c12-8-4-5-9(14-10(8)11(16)17)13-6-2-1-3-7-15/h4-5,15H,1-3,6-7H2,(H,13,14)(H,16,17). The zero-order valence-corrected chi connectivity index (χ0v) is 10.1. The van der Waals surface area contributed by atoms with E-state index in [0.717, 1.165) is 19.3 Å². The largest absolute Gasteiger partial charge is 0.476 e. The van der Waals surface area contributed by atoms with Crippen molar-refractivity contribution in [2.24, 2.45) is 0 Å². The molecule has 0 aromatic carbocycles. The molecule has 0 bridgehead atoms. The molecule has 0 radical (unpaired) electrons. The van der Waals surface area contributed by atoms with Crippen molar-refractivity contribution < 1.29 is 15.0 Å². The molecule has 0 aliphatic heterocycles. The summed E-state index contributed by atoms with van der Waals surface area (Å²) in [6.07, 6.45) is 2.59. The number of aliphatic hydroxyl groups is 1. The summed E-state index contributed by atoms with van der Waals surface area (Å²) in [4.78, 5) is 14.7. The van der Waals surface area contributed by atoms with Crippen LogP contribution < -0.4 is 5.32 Å². The topological polar surface area (TPSA) is 82.5 Å². The SMILES string of the molecule is O=C(O)c1nc(NCCCCCO)ccc1Cl. The quantitative estimate of drug-likeness (QED) is 0.652. The minimum absolute atomic E-state index is 0.128.